The monoisotopic (exact) mass is 291 g/mol. The van der Waals surface area contributed by atoms with Crippen molar-refractivity contribution in [1.82, 2.24) is 5.32 Å². The summed E-state index contributed by atoms with van der Waals surface area (Å²) in [5.74, 6) is -0.541. The molecule has 0 aliphatic rings. The van der Waals surface area contributed by atoms with Gasteiger partial charge in [0, 0.05) is 17.1 Å². The molecule has 0 spiro atoms. The number of hydrogen-bond acceptors (Lipinski definition) is 3. The minimum atomic E-state index is -0.444. The summed E-state index contributed by atoms with van der Waals surface area (Å²) in [7, 11) is 0. The Balaban J connectivity index is 2.45. The summed E-state index contributed by atoms with van der Waals surface area (Å²) >= 11 is 3.11. The van der Waals surface area contributed by atoms with E-state index in [0.29, 0.717) is 4.47 Å². The van der Waals surface area contributed by atoms with Gasteiger partial charge in [0.2, 0.25) is 0 Å². The van der Waals surface area contributed by atoms with Crippen LogP contribution in [0.5, 0.6) is 5.75 Å². The molecule has 4 nitrogen and oxygen atoms in total. The van der Waals surface area contributed by atoms with Crippen LogP contribution in [0.25, 0.3) is 0 Å². The van der Waals surface area contributed by atoms with Crippen LogP contribution in [-0.4, -0.2) is 30.8 Å². The van der Waals surface area contributed by atoms with Crippen LogP contribution < -0.4 is 10.1 Å². The highest BCUT2D eigenvalue weighted by Gasteiger charge is 2.04. The summed E-state index contributed by atoms with van der Waals surface area (Å²) in [6.07, 6.45) is 0. The summed E-state index contributed by atoms with van der Waals surface area (Å²) in [6.45, 7) is -0.164. The molecule has 0 bridgehead atoms. The molecule has 0 fully saturated rings. The van der Waals surface area contributed by atoms with Gasteiger partial charge in [-0.05, 0) is 12.1 Å². The number of ether oxygens (including phenoxy) is 1. The number of aliphatic hydroxyl groups is 1. The number of nitrogens with one attached hydrogen (secondary N) is 1. The standard InChI is InChI=1S/C10H11BrFNO3/c11-7-3-8(12)5-9(4-7)16-6-10(15)13-1-2-14/h3-5,14H,1-2,6H2,(H,13,15). The summed E-state index contributed by atoms with van der Waals surface area (Å²) in [5.41, 5.74) is 0. The van der Waals surface area contributed by atoms with Crippen molar-refractivity contribution < 1.29 is 19.0 Å². The van der Waals surface area contributed by atoms with E-state index in [1.54, 1.807) is 6.07 Å². The number of benzene rings is 1. The molecule has 0 unspecified atom stereocenters. The maximum absolute atomic E-state index is 12.9. The second-order valence-corrected chi connectivity index (χ2v) is 3.88. The van der Waals surface area contributed by atoms with Gasteiger partial charge in [-0.1, -0.05) is 15.9 Å². The lowest BCUT2D eigenvalue weighted by Gasteiger charge is -2.07. The number of hydrogen-bond donors (Lipinski definition) is 2. The van der Waals surface area contributed by atoms with Crippen LogP contribution in [0.3, 0.4) is 0 Å². The summed E-state index contributed by atoms with van der Waals surface area (Å²) in [6, 6.07) is 4.03. The van der Waals surface area contributed by atoms with Crippen molar-refractivity contribution in [2.75, 3.05) is 19.8 Å². The van der Waals surface area contributed by atoms with Gasteiger partial charge in [0.15, 0.2) is 6.61 Å². The van der Waals surface area contributed by atoms with Gasteiger partial charge >= 0.3 is 0 Å². The second kappa shape index (κ2) is 6.44. The van der Waals surface area contributed by atoms with E-state index in [0.717, 1.165) is 0 Å². The third kappa shape index (κ3) is 4.59. The van der Waals surface area contributed by atoms with Gasteiger partial charge in [-0.15, -0.1) is 0 Å². The van der Waals surface area contributed by atoms with E-state index < -0.39 is 5.82 Å². The Morgan fingerprint density at radius 1 is 1.50 bits per heavy atom. The zero-order valence-corrected chi connectivity index (χ0v) is 9.96. The highest BCUT2D eigenvalue weighted by atomic mass is 79.9. The number of rotatable bonds is 5. The molecule has 0 aliphatic heterocycles. The summed E-state index contributed by atoms with van der Waals surface area (Å²) < 4.78 is 18.5. The largest absolute Gasteiger partial charge is 0.484 e. The normalized spacial score (nSPS) is 9.94. The van der Waals surface area contributed by atoms with Gasteiger partial charge in [0.25, 0.3) is 5.91 Å². The summed E-state index contributed by atoms with van der Waals surface area (Å²) in [5, 5.41) is 10.9. The summed E-state index contributed by atoms with van der Waals surface area (Å²) in [4.78, 5) is 11.1. The first-order chi connectivity index (χ1) is 7.61. The molecule has 2 N–H and O–H groups in total. The predicted octanol–water partition coefficient (Wildman–Crippen LogP) is 1.08. The average molecular weight is 292 g/mol. The molecular formula is C10H11BrFNO3. The minimum Gasteiger partial charge on any atom is -0.484 e. The first-order valence-corrected chi connectivity index (χ1v) is 5.37. The SMILES string of the molecule is O=C(COc1cc(F)cc(Br)c1)NCCO. The molecule has 0 aliphatic carbocycles. The van der Waals surface area contributed by atoms with Gasteiger partial charge in [-0.25, -0.2) is 4.39 Å². The molecule has 0 saturated heterocycles. The molecule has 1 rings (SSSR count). The lowest BCUT2D eigenvalue weighted by atomic mass is 10.3. The molecule has 0 aromatic heterocycles. The Labute approximate surface area is 101 Å². The van der Waals surface area contributed by atoms with Crippen molar-refractivity contribution in [2.45, 2.75) is 0 Å². The van der Waals surface area contributed by atoms with E-state index >= 15 is 0 Å². The van der Waals surface area contributed by atoms with Gasteiger partial charge in [0.1, 0.15) is 11.6 Å². The van der Waals surface area contributed by atoms with Gasteiger partial charge in [-0.2, -0.15) is 0 Å². The molecule has 16 heavy (non-hydrogen) atoms. The molecule has 1 aromatic rings. The zero-order valence-electron chi connectivity index (χ0n) is 8.37. The maximum Gasteiger partial charge on any atom is 0.258 e. The van der Waals surface area contributed by atoms with Crippen molar-refractivity contribution in [2.24, 2.45) is 0 Å². The molecule has 88 valence electrons. The Morgan fingerprint density at radius 3 is 2.88 bits per heavy atom. The Bertz CT molecular complexity index is 353. The average Bonchev–Trinajstić information content (AvgIpc) is 2.22. The Morgan fingerprint density at radius 2 is 2.25 bits per heavy atom. The number of carbonyl (C=O) groups excluding carboxylic acids is 1. The molecule has 1 amide bonds. The number of aliphatic hydroxyl groups excluding tert-OH is 1. The third-order valence-electron chi connectivity index (χ3n) is 1.64. The van der Waals surface area contributed by atoms with Crippen molar-refractivity contribution >= 4 is 21.8 Å². The van der Waals surface area contributed by atoms with E-state index in [4.69, 9.17) is 9.84 Å². The molecule has 0 atom stereocenters. The maximum atomic E-state index is 12.9. The Hall–Kier alpha value is -1.14. The molecule has 6 heteroatoms. The number of amides is 1. The van der Waals surface area contributed by atoms with Crippen LogP contribution >= 0.6 is 15.9 Å². The van der Waals surface area contributed by atoms with Crippen LogP contribution in [0.4, 0.5) is 4.39 Å². The first kappa shape index (κ1) is 12.9. The molecular weight excluding hydrogens is 281 g/mol. The molecule has 0 radical (unpaired) electrons. The smallest absolute Gasteiger partial charge is 0.258 e. The van der Waals surface area contributed by atoms with Crippen molar-refractivity contribution in [3.63, 3.8) is 0 Å². The van der Waals surface area contributed by atoms with Crippen molar-refractivity contribution in [3.8, 4) is 5.75 Å². The van der Waals surface area contributed by atoms with Crippen LogP contribution in [0.15, 0.2) is 22.7 Å². The van der Waals surface area contributed by atoms with Crippen molar-refractivity contribution in [3.05, 3.63) is 28.5 Å². The topological polar surface area (TPSA) is 58.6 Å². The highest BCUT2D eigenvalue weighted by Crippen LogP contribution is 2.20. The fourth-order valence-electron chi connectivity index (χ4n) is 1.01. The Kier molecular flexibility index (Phi) is 5.21. The van der Waals surface area contributed by atoms with Crippen LogP contribution in [-0.2, 0) is 4.79 Å². The van der Waals surface area contributed by atoms with Crippen LogP contribution in [0.2, 0.25) is 0 Å². The van der Waals surface area contributed by atoms with E-state index in [-0.39, 0.29) is 31.4 Å². The van der Waals surface area contributed by atoms with Crippen LogP contribution in [0.1, 0.15) is 0 Å². The first-order valence-electron chi connectivity index (χ1n) is 4.58. The van der Waals surface area contributed by atoms with Crippen molar-refractivity contribution in [1.29, 1.82) is 0 Å². The fourth-order valence-corrected chi connectivity index (χ4v) is 1.45. The lowest BCUT2D eigenvalue weighted by molar-refractivity contribution is -0.123. The van der Waals surface area contributed by atoms with Gasteiger partial charge in [0.05, 0.1) is 6.61 Å². The fraction of sp³-hybridized carbons (Fsp3) is 0.300. The highest BCUT2D eigenvalue weighted by molar-refractivity contribution is 9.10. The molecule has 0 saturated carbocycles. The molecule has 1 aromatic carbocycles. The van der Waals surface area contributed by atoms with Gasteiger partial charge < -0.3 is 15.2 Å². The number of halogens is 2. The van der Waals surface area contributed by atoms with E-state index in [2.05, 4.69) is 21.2 Å². The third-order valence-corrected chi connectivity index (χ3v) is 2.10. The van der Waals surface area contributed by atoms with Crippen LogP contribution in [0, 0.1) is 5.82 Å². The van der Waals surface area contributed by atoms with E-state index in [1.165, 1.54) is 12.1 Å². The predicted molar refractivity (Wildman–Crippen MR) is 59.7 cm³/mol. The number of carbonyl (C=O) groups is 1. The lowest BCUT2D eigenvalue weighted by Crippen LogP contribution is -2.31. The minimum absolute atomic E-state index is 0.128. The quantitative estimate of drug-likeness (QED) is 0.853. The van der Waals surface area contributed by atoms with Gasteiger partial charge in [-0.3, -0.25) is 4.79 Å². The second-order valence-electron chi connectivity index (χ2n) is 2.97. The molecule has 0 heterocycles. The van der Waals surface area contributed by atoms with E-state index in [1.807, 2.05) is 0 Å². The zero-order chi connectivity index (χ0) is 12.0. The van der Waals surface area contributed by atoms with E-state index in [9.17, 15) is 9.18 Å².